The van der Waals surface area contributed by atoms with E-state index in [1.54, 1.807) is 0 Å². The Kier molecular flexibility index (Phi) is 5.16. The van der Waals surface area contributed by atoms with Crippen LogP contribution in [0.25, 0.3) is 0 Å². The molecule has 1 rings (SSSR count). The first kappa shape index (κ1) is 13.2. The minimum atomic E-state index is -0.408. The summed E-state index contributed by atoms with van der Waals surface area (Å²) in [6.45, 7) is 1.86. The molecule has 0 fully saturated rings. The lowest BCUT2D eigenvalue weighted by molar-refractivity contribution is -0.128. The van der Waals surface area contributed by atoms with Gasteiger partial charge in [0.1, 0.15) is 0 Å². The summed E-state index contributed by atoms with van der Waals surface area (Å²) in [6, 6.07) is 7.97. The molecule has 0 heterocycles. The lowest BCUT2D eigenvalue weighted by Crippen LogP contribution is -2.44. The molecule has 1 aromatic carbocycles. The summed E-state index contributed by atoms with van der Waals surface area (Å²) in [5.41, 5.74) is 11.9. The molecule has 1 aromatic rings. The molecule has 0 radical (unpaired) electrons. The number of benzene rings is 1. The molecule has 0 aliphatic heterocycles. The number of hydrogen-bond acceptors (Lipinski definition) is 3. The van der Waals surface area contributed by atoms with E-state index in [1.807, 2.05) is 31.2 Å². The summed E-state index contributed by atoms with van der Waals surface area (Å²) < 4.78 is 0. The van der Waals surface area contributed by atoms with Crippen LogP contribution in [0.5, 0.6) is 0 Å². The van der Waals surface area contributed by atoms with Crippen molar-refractivity contribution in [1.82, 2.24) is 10.9 Å². The first-order chi connectivity index (χ1) is 8.11. The van der Waals surface area contributed by atoms with Crippen LogP contribution >= 0.6 is 0 Å². The highest BCUT2D eigenvalue weighted by atomic mass is 16.2. The van der Waals surface area contributed by atoms with E-state index in [-0.39, 0.29) is 12.5 Å². The Bertz CT molecular complexity index is 404. The fraction of sp³-hybridized carbons (Fsp3) is 0.333. The topological polar surface area (TPSA) is 84.2 Å². The van der Waals surface area contributed by atoms with Crippen molar-refractivity contribution in [3.05, 3.63) is 35.4 Å². The van der Waals surface area contributed by atoms with Gasteiger partial charge >= 0.3 is 0 Å². The van der Waals surface area contributed by atoms with Crippen LogP contribution in [0.15, 0.2) is 24.3 Å². The van der Waals surface area contributed by atoms with Gasteiger partial charge in [0, 0.05) is 6.42 Å². The summed E-state index contributed by atoms with van der Waals surface area (Å²) in [4.78, 5) is 22.1. The lowest BCUT2D eigenvalue weighted by Gasteiger charge is -2.06. The highest BCUT2D eigenvalue weighted by Gasteiger charge is 2.03. The smallest absolute Gasteiger partial charge is 0.252 e. The van der Waals surface area contributed by atoms with E-state index < -0.39 is 5.91 Å². The van der Waals surface area contributed by atoms with Crippen molar-refractivity contribution in [3.8, 4) is 0 Å². The Morgan fingerprint density at radius 2 is 1.94 bits per heavy atom. The van der Waals surface area contributed by atoms with Crippen molar-refractivity contribution in [2.75, 3.05) is 6.54 Å². The summed E-state index contributed by atoms with van der Waals surface area (Å²) >= 11 is 0. The monoisotopic (exact) mass is 235 g/mol. The lowest BCUT2D eigenvalue weighted by atomic mass is 10.1. The number of carbonyl (C=O) groups excluding carboxylic acids is 2. The summed E-state index contributed by atoms with van der Waals surface area (Å²) in [7, 11) is 0. The quantitative estimate of drug-likeness (QED) is 0.644. The zero-order valence-corrected chi connectivity index (χ0v) is 9.82. The van der Waals surface area contributed by atoms with Crippen LogP contribution in [0.4, 0.5) is 0 Å². The SMILES string of the molecule is Cc1cccc(CCC(=O)NNC(=O)CN)c1. The minimum Gasteiger partial charge on any atom is -0.322 e. The van der Waals surface area contributed by atoms with Crippen molar-refractivity contribution in [2.24, 2.45) is 5.73 Å². The van der Waals surface area contributed by atoms with Gasteiger partial charge in [-0.05, 0) is 18.9 Å². The molecular weight excluding hydrogens is 218 g/mol. The predicted octanol–water partition coefficient (Wildman–Crippen LogP) is 0.0337. The third-order valence-electron chi connectivity index (χ3n) is 2.25. The summed E-state index contributed by atoms with van der Waals surface area (Å²) in [5, 5.41) is 0. The van der Waals surface area contributed by atoms with Crippen LogP contribution in [0.2, 0.25) is 0 Å². The van der Waals surface area contributed by atoms with Gasteiger partial charge < -0.3 is 5.73 Å². The number of rotatable bonds is 4. The number of nitrogens with two attached hydrogens (primary N) is 1. The molecule has 5 heteroatoms. The molecule has 0 aliphatic rings. The Morgan fingerprint density at radius 3 is 2.59 bits per heavy atom. The molecule has 0 aromatic heterocycles. The predicted molar refractivity (Wildman–Crippen MR) is 64.8 cm³/mol. The van der Waals surface area contributed by atoms with Crippen LogP contribution in [0, 0.1) is 6.92 Å². The highest BCUT2D eigenvalue weighted by molar-refractivity contribution is 5.82. The minimum absolute atomic E-state index is 0.141. The number of hydrazine groups is 1. The Balaban J connectivity index is 2.31. The van der Waals surface area contributed by atoms with Crippen LogP contribution < -0.4 is 16.6 Å². The van der Waals surface area contributed by atoms with Gasteiger partial charge in [0.15, 0.2) is 0 Å². The van der Waals surface area contributed by atoms with Gasteiger partial charge in [0.2, 0.25) is 5.91 Å². The molecule has 5 nitrogen and oxygen atoms in total. The summed E-state index contributed by atoms with van der Waals surface area (Å²) in [6.07, 6.45) is 0.973. The van der Waals surface area contributed by atoms with Crippen molar-refractivity contribution in [1.29, 1.82) is 0 Å². The molecule has 0 bridgehead atoms. The standard InChI is InChI=1S/C12H17N3O2/c1-9-3-2-4-10(7-9)5-6-11(16)14-15-12(17)8-13/h2-4,7H,5-6,8,13H2,1H3,(H,14,16)(H,15,17). The molecular formula is C12H17N3O2. The Morgan fingerprint density at radius 1 is 1.24 bits per heavy atom. The van der Waals surface area contributed by atoms with E-state index in [1.165, 1.54) is 5.56 Å². The maximum absolute atomic E-state index is 11.4. The fourth-order valence-electron chi connectivity index (χ4n) is 1.38. The largest absolute Gasteiger partial charge is 0.322 e. The third-order valence-corrected chi connectivity index (χ3v) is 2.25. The van der Waals surface area contributed by atoms with E-state index in [0.717, 1.165) is 5.56 Å². The molecule has 0 saturated heterocycles. The van der Waals surface area contributed by atoms with E-state index in [0.29, 0.717) is 12.8 Å². The van der Waals surface area contributed by atoms with Crippen LogP contribution in [0.3, 0.4) is 0 Å². The normalized spacial score (nSPS) is 9.76. The number of carbonyl (C=O) groups is 2. The van der Waals surface area contributed by atoms with E-state index >= 15 is 0 Å². The molecule has 17 heavy (non-hydrogen) atoms. The maximum atomic E-state index is 11.4. The molecule has 0 unspecified atom stereocenters. The second-order valence-corrected chi connectivity index (χ2v) is 3.79. The average Bonchev–Trinajstić information content (AvgIpc) is 2.33. The molecule has 2 amide bonds. The zero-order chi connectivity index (χ0) is 12.7. The fourth-order valence-corrected chi connectivity index (χ4v) is 1.38. The Hall–Kier alpha value is -1.88. The van der Waals surface area contributed by atoms with E-state index in [4.69, 9.17) is 5.73 Å². The third kappa shape index (κ3) is 5.12. The van der Waals surface area contributed by atoms with Gasteiger partial charge in [-0.3, -0.25) is 20.4 Å². The van der Waals surface area contributed by atoms with Crippen molar-refractivity contribution in [3.63, 3.8) is 0 Å². The Labute approximate surface area is 100 Å². The van der Waals surface area contributed by atoms with E-state index in [2.05, 4.69) is 10.9 Å². The van der Waals surface area contributed by atoms with Crippen LogP contribution in [-0.4, -0.2) is 18.4 Å². The second kappa shape index (κ2) is 6.65. The molecule has 4 N–H and O–H groups in total. The first-order valence-corrected chi connectivity index (χ1v) is 5.45. The average molecular weight is 235 g/mol. The van der Waals surface area contributed by atoms with Gasteiger partial charge in [0.05, 0.1) is 6.54 Å². The molecule has 92 valence electrons. The number of aryl methyl sites for hydroxylation is 2. The van der Waals surface area contributed by atoms with Crippen LogP contribution in [-0.2, 0) is 16.0 Å². The van der Waals surface area contributed by atoms with Gasteiger partial charge in [-0.1, -0.05) is 29.8 Å². The number of amides is 2. The van der Waals surface area contributed by atoms with Crippen LogP contribution in [0.1, 0.15) is 17.5 Å². The van der Waals surface area contributed by atoms with Crippen molar-refractivity contribution < 1.29 is 9.59 Å². The second-order valence-electron chi connectivity index (χ2n) is 3.79. The zero-order valence-electron chi connectivity index (χ0n) is 9.82. The number of nitrogens with one attached hydrogen (secondary N) is 2. The van der Waals surface area contributed by atoms with Gasteiger partial charge in [-0.15, -0.1) is 0 Å². The molecule has 0 aliphatic carbocycles. The summed E-state index contributed by atoms with van der Waals surface area (Å²) in [5.74, 6) is -0.637. The molecule has 0 atom stereocenters. The highest BCUT2D eigenvalue weighted by Crippen LogP contribution is 2.06. The maximum Gasteiger partial charge on any atom is 0.252 e. The van der Waals surface area contributed by atoms with E-state index in [9.17, 15) is 9.59 Å². The first-order valence-electron chi connectivity index (χ1n) is 5.45. The number of hydrogen-bond donors (Lipinski definition) is 3. The van der Waals surface area contributed by atoms with Gasteiger partial charge in [0.25, 0.3) is 5.91 Å². The van der Waals surface area contributed by atoms with Gasteiger partial charge in [-0.2, -0.15) is 0 Å². The molecule has 0 saturated carbocycles. The van der Waals surface area contributed by atoms with Crippen molar-refractivity contribution >= 4 is 11.8 Å². The van der Waals surface area contributed by atoms with Gasteiger partial charge in [-0.25, -0.2) is 0 Å². The van der Waals surface area contributed by atoms with Crippen molar-refractivity contribution in [2.45, 2.75) is 19.8 Å². The molecule has 0 spiro atoms.